The zero-order chi connectivity index (χ0) is 16.3. The lowest BCUT2D eigenvalue weighted by molar-refractivity contribution is -0.385. The number of carbonyl (C=O) groups is 1. The minimum Gasteiger partial charge on any atom is -0.478 e. The van der Waals surface area contributed by atoms with E-state index in [0.717, 1.165) is 6.07 Å². The van der Waals surface area contributed by atoms with Crippen molar-refractivity contribution in [3.05, 3.63) is 75.3 Å². The molecule has 0 amide bonds. The first-order valence-corrected chi connectivity index (χ1v) is 6.25. The molecule has 0 bridgehead atoms. The zero-order valence-electron chi connectivity index (χ0n) is 11.6. The normalized spacial score (nSPS) is 13.4. The van der Waals surface area contributed by atoms with Gasteiger partial charge in [0.1, 0.15) is 0 Å². The second-order valence-electron chi connectivity index (χ2n) is 4.51. The van der Waals surface area contributed by atoms with E-state index in [4.69, 9.17) is 4.74 Å². The van der Waals surface area contributed by atoms with Crippen LogP contribution in [0.25, 0.3) is 0 Å². The number of nitro benzene ring substituents is 1. The average molecular weight is 303 g/mol. The van der Waals surface area contributed by atoms with E-state index < -0.39 is 16.7 Å². The van der Waals surface area contributed by atoms with E-state index in [2.05, 4.69) is 0 Å². The fraction of sp³-hybridized carbons (Fsp3) is 0.133. The first-order chi connectivity index (χ1) is 10.4. The Morgan fingerprint density at radius 1 is 1.23 bits per heavy atom. The maximum Gasteiger partial charge on any atom is 0.336 e. The zero-order valence-corrected chi connectivity index (χ0v) is 11.6. The second-order valence-corrected chi connectivity index (χ2v) is 4.51. The molecule has 0 aliphatic heterocycles. The van der Waals surface area contributed by atoms with E-state index in [9.17, 15) is 25.1 Å². The number of nitrogens with zero attached hydrogens (tertiary/aromatic N) is 1. The van der Waals surface area contributed by atoms with Crippen LogP contribution in [0.3, 0.4) is 0 Å². The summed E-state index contributed by atoms with van der Waals surface area (Å²) in [6, 6.07) is 11.0. The summed E-state index contributed by atoms with van der Waals surface area (Å²) in [5.41, 5.74) is -0.331. The molecule has 0 saturated heterocycles. The molecular weight excluding hydrogens is 290 g/mol. The highest BCUT2D eigenvalue weighted by Gasteiger charge is 2.36. The summed E-state index contributed by atoms with van der Waals surface area (Å²) in [4.78, 5) is 21.6. The predicted molar refractivity (Wildman–Crippen MR) is 76.5 cm³/mol. The predicted octanol–water partition coefficient (Wildman–Crippen LogP) is 2.13. The molecule has 2 aromatic carbocycles. The molecular formula is C15H13NO6. The van der Waals surface area contributed by atoms with Crippen molar-refractivity contribution in [1.82, 2.24) is 0 Å². The van der Waals surface area contributed by atoms with Crippen LogP contribution in [-0.2, 0) is 10.5 Å². The van der Waals surface area contributed by atoms with E-state index >= 15 is 0 Å². The number of aromatic carboxylic acids is 1. The molecule has 0 aliphatic carbocycles. The second kappa shape index (κ2) is 5.92. The SMILES string of the molecule is COC(O)(c1cccc([N+](=O)[O-])c1)c1ccccc1C(=O)O. The summed E-state index contributed by atoms with van der Waals surface area (Å²) < 4.78 is 5.11. The summed E-state index contributed by atoms with van der Waals surface area (Å²) in [5.74, 6) is -3.35. The third-order valence-electron chi connectivity index (χ3n) is 3.27. The lowest BCUT2D eigenvalue weighted by atomic mass is 9.93. The van der Waals surface area contributed by atoms with Gasteiger partial charge in [0, 0.05) is 30.4 Å². The van der Waals surface area contributed by atoms with Crippen LogP contribution in [0.15, 0.2) is 48.5 Å². The van der Waals surface area contributed by atoms with Crippen LogP contribution in [0.5, 0.6) is 0 Å². The number of rotatable bonds is 5. The molecule has 1 unspecified atom stereocenters. The number of carboxylic acid groups (broad SMARTS) is 1. The van der Waals surface area contributed by atoms with E-state index in [-0.39, 0.29) is 22.4 Å². The van der Waals surface area contributed by atoms with Crippen LogP contribution in [0.1, 0.15) is 21.5 Å². The Balaban J connectivity index is 2.66. The van der Waals surface area contributed by atoms with Gasteiger partial charge in [-0.2, -0.15) is 0 Å². The summed E-state index contributed by atoms with van der Waals surface area (Å²) >= 11 is 0. The number of methoxy groups -OCH3 is 1. The number of hydrogen-bond donors (Lipinski definition) is 2. The van der Waals surface area contributed by atoms with Crippen LogP contribution >= 0.6 is 0 Å². The van der Waals surface area contributed by atoms with Gasteiger partial charge in [0.15, 0.2) is 0 Å². The molecule has 2 aromatic rings. The molecule has 0 fully saturated rings. The van der Waals surface area contributed by atoms with Crippen molar-refractivity contribution in [2.75, 3.05) is 7.11 Å². The van der Waals surface area contributed by atoms with E-state index in [1.165, 1.54) is 43.5 Å². The lowest BCUT2D eigenvalue weighted by Crippen LogP contribution is -2.31. The van der Waals surface area contributed by atoms with Crippen molar-refractivity contribution in [2.24, 2.45) is 0 Å². The van der Waals surface area contributed by atoms with Crippen LogP contribution in [0.4, 0.5) is 5.69 Å². The Hall–Kier alpha value is -2.77. The van der Waals surface area contributed by atoms with Crippen LogP contribution in [-0.4, -0.2) is 28.2 Å². The monoisotopic (exact) mass is 303 g/mol. The fourth-order valence-corrected chi connectivity index (χ4v) is 2.18. The Labute approximate surface area is 125 Å². The first-order valence-electron chi connectivity index (χ1n) is 6.25. The highest BCUT2D eigenvalue weighted by atomic mass is 16.6. The van der Waals surface area contributed by atoms with Crippen molar-refractivity contribution in [3.8, 4) is 0 Å². The highest BCUT2D eigenvalue weighted by molar-refractivity contribution is 5.89. The summed E-state index contributed by atoms with van der Waals surface area (Å²) in [7, 11) is 1.19. The number of non-ortho nitro benzene ring substituents is 1. The average Bonchev–Trinajstić information content (AvgIpc) is 2.54. The van der Waals surface area contributed by atoms with Gasteiger partial charge in [-0.05, 0) is 6.07 Å². The molecule has 2 rings (SSSR count). The van der Waals surface area contributed by atoms with E-state index in [1.54, 1.807) is 6.07 Å². The van der Waals surface area contributed by atoms with Gasteiger partial charge in [0.2, 0.25) is 5.79 Å². The topological polar surface area (TPSA) is 110 Å². The molecule has 7 heteroatoms. The minimum atomic E-state index is -2.11. The number of hydrogen-bond acceptors (Lipinski definition) is 5. The maximum absolute atomic E-state index is 11.3. The Morgan fingerprint density at radius 2 is 1.91 bits per heavy atom. The molecule has 22 heavy (non-hydrogen) atoms. The lowest BCUT2D eigenvalue weighted by Gasteiger charge is -2.28. The van der Waals surface area contributed by atoms with Gasteiger partial charge in [0.05, 0.1) is 10.5 Å². The van der Waals surface area contributed by atoms with Crippen LogP contribution in [0.2, 0.25) is 0 Å². The molecule has 7 nitrogen and oxygen atoms in total. The van der Waals surface area contributed by atoms with Crippen molar-refractivity contribution >= 4 is 11.7 Å². The number of ether oxygens (including phenoxy) is 1. The Bertz CT molecular complexity index is 729. The number of carboxylic acids is 1. The molecule has 0 radical (unpaired) electrons. The quantitative estimate of drug-likeness (QED) is 0.497. The van der Waals surface area contributed by atoms with Crippen LogP contribution < -0.4 is 0 Å². The number of nitro groups is 1. The minimum absolute atomic E-state index is 0.00880. The van der Waals surface area contributed by atoms with Gasteiger partial charge in [0.25, 0.3) is 5.69 Å². The van der Waals surface area contributed by atoms with Gasteiger partial charge >= 0.3 is 5.97 Å². The van der Waals surface area contributed by atoms with Gasteiger partial charge < -0.3 is 14.9 Å². The number of benzene rings is 2. The summed E-state index contributed by atoms with van der Waals surface area (Å²) in [6.45, 7) is 0. The van der Waals surface area contributed by atoms with E-state index in [0.29, 0.717) is 0 Å². The number of aliphatic hydroxyl groups is 1. The van der Waals surface area contributed by atoms with Gasteiger partial charge in [-0.3, -0.25) is 10.1 Å². The summed E-state index contributed by atoms with van der Waals surface area (Å²) in [5, 5.41) is 30.9. The molecule has 1 atom stereocenters. The standard InChI is InChI=1S/C15H13NO6/c1-22-15(19,10-5-4-6-11(9-10)16(20)21)13-8-3-2-7-12(13)14(17)18/h2-9,19H,1H3,(H,17,18). The molecule has 0 saturated carbocycles. The van der Waals surface area contributed by atoms with Gasteiger partial charge in [-0.25, -0.2) is 4.79 Å². The summed E-state index contributed by atoms with van der Waals surface area (Å²) in [6.07, 6.45) is 0. The van der Waals surface area contributed by atoms with Crippen molar-refractivity contribution in [3.63, 3.8) is 0 Å². The molecule has 0 spiro atoms. The fourth-order valence-electron chi connectivity index (χ4n) is 2.18. The molecule has 114 valence electrons. The smallest absolute Gasteiger partial charge is 0.336 e. The van der Waals surface area contributed by atoms with Gasteiger partial charge in [-0.1, -0.05) is 30.3 Å². The molecule has 0 heterocycles. The first kappa shape index (κ1) is 15.6. The third-order valence-corrected chi connectivity index (χ3v) is 3.27. The van der Waals surface area contributed by atoms with Crippen molar-refractivity contribution in [2.45, 2.75) is 5.79 Å². The largest absolute Gasteiger partial charge is 0.478 e. The third kappa shape index (κ3) is 2.67. The van der Waals surface area contributed by atoms with Crippen molar-refractivity contribution in [1.29, 1.82) is 0 Å². The molecule has 0 aromatic heterocycles. The molecule has 0 aliphatic rings. The maximum atomic E-state index is 11.3. The van der Waals surface area contributed by atoms with Gasteiger partial charge in [-0.15, -0.1) is 0 Å². The van der Waals surface area contributed by atoms with Crippen molar-refractivity contribution < 1.29 is 24.7 Å². The van der Waals surface area contributed by atoms with E-state index in [1.807, 2.05) is 0 Å². The van der Waals surface area contributed by atoms with Crippen LogP contribution in [0, 0.1) is 10.1 Å². The highest BCUT2D eigenvalue weighted by Crippen LogP contribution is 2.34. The Kier molecular flexibility index (Phi) is 4.20. The molecule has 2 N–H and O–H groups in total. The Morgan fingerprint density at radius 3 is 2.50 bits per heavy atom.